The molecule has 35 heavy (non-hydrogen) atoms. The number of aryl methyl sites for hydroxylation is 2. The van der Waals surface area contributed by atoms with Crippen molar-refractivity contribution in [3.8, 4) is 0 Å². The number of carbonyl (C=O) groups is 3. The molecule has 1 aliphatic carbocycles. The van der Waals surface area contributed by atoms with Gasteiger partial charge in [-0.2, -0.15) is 4.99 Å². The van der Waals surface area contributed by atoms with Crippen molar-refractivity contribution in [1.82, 2.24) is 4.57 Å². The topological polar surface area (TPSA) is 124 Å². The lowest BCUT2D eigenvalue weighted by Crippen LogP contribution is -2.28. The van der Waals surface area contributed by atoms with E-state index in [4.69, 9.17) is 4.74 Å². The second-order valence-electron chi connectivity index (χ2n) is 7.92. The number of thiophene rings is 1. The van der Waals surface area contributed by atoms with E-state index in [1.165, 1.54) is 29.5 Å². The third-order valence-corrected chi connectivity index (χ3v) is 9.03. The summed E-state index contributed by atoms with van der Waals surface area (Å²) < 4.78 is 45.7. The minimum absolute atomic E-state index is 0.170. The number of hydrogen-bond acceptors (Lipinski definition) is 8. The van der Waals surface area contributed by atoms with Gasteiger partial charge in [-0.05, 0) is 49.9 Å². The lowest BCUT2D eigenvalue weighted by atomic mass is 10.1. The van der Waals surface area contributed by atoms with Crippen LogP contribution in [0.15, 0.2) is 23.2 Å². The van der Waals surface area contributed by atoms with Gasteiger partial charge in [0, 0.05) is 11.9 Å². The number of amides is 2. The quantitative estimate of drug-likeness (QED) is 0.461. The van der Waals surface area contributed by atoms with Gasteiger partial charge in [0.1, 0.15) is 22.3 Å². The summed E-state index contributed by atoms with van der Waals surface area (Å²) in [5.74, 6) is -4.70. The lowest BCUT2D eigenvalue weighted by molar-refractivity contribution is -0.115. The van der Waals surface area contributed by atoms with E-state index in [1.807, 2.05) is 0 Å². The van der Waals surface area contributed by atoms with Crippen molar-refractivity contribution >= 4 is 65.5 Å². The summed E-state index contributed by atoms with van der Waals surface area (Å²) in [5.41, 5.74) is 1.75. The normalized spacial score (nSPS) is 13.7. The average Bonchev–Trinajstić information content (AvgIpc) is 3.40. The van der Waals surface area contributed by atoms with Crippen LogP contribution in [0.2, 0.25) is 0 Å². The van der Waals surface area contributed by atoms with E-state index in [1.54, 1.807) is 18.5 Å². The van der Waals surface area contributed by atoms with Gasteiger partial charge in [-0.25, -0.2) is 17.6 Å². The maximum absolute atomic E-state index is 13.5. The standard InChI is InChI=1S/C22H22FN3O6S3/c1-3-32-21(29)19-13-5-4-6-15(13)33-20(19)24-17(27)10-35(30,31)11-18(28)25-22-26(2)14-8-7-12(23)9-16(14)34-22/h7-9H,3-6,10-11H2,1-2H3,(H,24,27). The van der Waals surface area contributed by atoms with Crippen LogP contribution in [0.1, 0.15) is 34.1 Å². The number of benzene rings is 1. The molecule has 9 nitrogen and oxygen atoms in total. The molecule has 1 N–H and O–H groups in total. The zero-order chi connectivity index (χ0) is 25.3. The van der Waals surface area contributed by atoms with E-state index in [0.29, 0.717) is 16.6 Å². The highest BCUT2D eigenvalue weighted by molar-refractivity contribution is 7.92. The van der Waals surface area contributed by atoms with Crippen LogP contribution in [0.3, 0.4) is 0 Å². The molecule has 0 radical (unpaired) electrons. The highest BCUT2D eigenvalue weighted by Gasteiger charge is 2.29. The summed E-state index contributed by atoms with van der Waals surface area (Å²) >= 11 is 2.28. The summed E-state index contributed by atoms with van der Waals surface area (Å²) in [7, 11) is -2.51. The van der Waals surface area contributed by atoms with Crippen LogP contribution >= 0.6 is 22.7 Å². The number of nitrogens with zero attached hydrogens (tertiary/aromatic N) is 2. The highest BCUT2D eigenvalue weighted by atomic mass is 32.2. The van der Waals surface area contributed by atoms with Crippen molar-refractivity contribution in [2.24, 2.45) is 12.0 Å². The van der Waals surface area contributed by atoms with E-state index in [-0.39, 0.29) is 22.0 Å². The fourth-order valence-corrected chi connectivity index (χ4v) is 7.24. The first-order valence-corrected chi connectivity index (χ1v) is 14.2. The molecule has 4 rings (SSSR count). The van der Waals surface area contributed by atoms with Gasteiger partial charge in [0.05, 0.1) is 22.4 Å². The minimum atomic E-state index is -4.14. The van der Waals surface area contributed by atoms with Gasteiger partial charge in [-0.3, -0.25) is 9.59 Å². The Labute approximate surface area is 208 Å². The van der Waals surface area contributed by atoms with Gasteiger partial charge in [0.2, 0.25) is 5.91 Å². The molecule has 2 amide bonds. The molecule has 0 atom stereocenters. The Morgan fingerprint density at radius 3 is 2.71 bits per heavy atom. The van der Waals surface area contributed by atoms with Crippen molar-refractivity contribution in [3.63, 3.8) is 0 Å². The van der Waals surface area contributed by atoms with Gasteiger partial charge in [-0.15, -0.1) is 11.3 Å². The third-order valence-electron chi connectivity index (χ3n) is 5.34. The van der Waals surface area contributed by atoms with E-state index in [2.05, 4.69) is 10.3 Å². The molecule has 1 aromatic carbocycles. The molecule has 186 valence electrons. The Morgan fingerprint density at radius 1 is 1.20 bits per heavy atom. The average molecular weight is 540 g/mol. The molecule has 1 aliphatic rings. The Morgan fingerprint density at radius 2 is 1.97 bits per heavy atom. The van der Waals surface area contributed by atoms with Crippen molar-refractivity contribution in [2.45, 2.75) is 26.2 Å². The molecular weight excluding hydrogens is 517 g/mol. The van der Waals surface area contributed by atoms with E-state index < -0.39 is 44.9 Å². The molecule has 3 aromatic rings. The monoisotopic (exact) mass is 539 g/mol. The summed E-state index contributed by atoms with van der Waals surface area (Å²) in [6, 6.07) is 4.12. The number of fused-ring (bicyclic) bond motifs is 2. The van der Waals surface area contributed by atoms with Crippen LogP contribution in [0.25, 0.3) is 10.2 Å². The predicted octanol–water partition coefficient (Wildman–Crippen LogP) is 2.59. The fraction of sp³-hybridized carbons (Fsp3) is 0.364. The number of carbonyl (C=O) groups excluding carboxylic acids is 3. The van der Waals surface area contributed by atoms with E-state index >= 15 is 0 Å². The van der Waals surface area contributed by atoms with Crippen molar-refractivity contribution in [1.29, 1.82) is 0 Å². The van der Waals surface area contributed by atoms with Gasteiger partial charge >= 0.3 is 5.97 Å². The SMILES string of the molecule is CCOC(=O)c1c(NC(=O)CS(=O)(=O)CC(=O)N=c2sc3cc(F)ccc3n2C)sc2c1CCC2. The number of halogens is 1. The van der Waals surface area contributed by atoms with Gasteiger partial charge in [0.25, 0.3) is 5.91 Å². The minimum Gasteiger partial charge on any atom is -0.462 e. The van der Waals surface area contributed by atoms with Crippen LogP contribution in [0.4, 0.5) is 9.39 Å². The van der Waals surface area contributed by atoms with Crippen LogP contribution in [-0.2, 0) is 44.1 Å². The molecular formula is C22H22FN3O6S3. The zero-order valence-electron chi connectivity index (χ0n) is 18.9. The Hall–Kier alpha value is -2.90. The molecule has 0 fully saturated rings. The lowest BCUT2D eigenvalue weighted by Gasteiger charge is -2.08. The van der Waals surface area contributed by atoms with Crippen LogP contribution in [0, 0.1) is 5.82 Å². The summed E-state index contributed by atoms with van der Waals surface area (Å²) in [6.07, 6.45) is 2.36. The maximum atomic E-state index is 13.5. The smallest absolute Gasteiger partial charge is 0.341 e. The number of nitrogens with one attached hydrogen (secondary N) is 1. The van der Waals surface area contributed by atoms with Gasteiger partial charge in [-0.1, -0.05) is 11.3 Å². The zero-order valence-corrected chi connectivity index (χ0v) is 21.4. The molecule has 0 aliphatic heterocycles. The number of aromatic nitrogens is 1. The maximum Gasteiger partial charge on any atom is 0.341 e. The second-order valence-corrected chi connectivity index (χ2v) is 12.1. The molecule has 0 bridgehead atoms. The molecule has 0 spiro atoms. The first kappa shape index (κ1) is 25.2. The van der Waals surface area contributed by atoms with Crippen molar-refractivity contribution in [2.75, 3.05) is 23.4 Å². The number of ether oxygens (including phenoxy) is 1. The van der Waals surface area contributed by atoms with Crippen LogP contribution in [-0.4, -0.2) is 48.9 Å². The molecule has 13 heteroatoms. The summed E-state index contributed by atoms with van der Waals surface area (Å²) in [5, 5.41) is 2.77. The largest absolute Gasteiger partial charge is 0.462 e. The predicted molar refractivity (Wildman–Crippen MR) is 131 cm³/mol. The first-order chi connectivity index (χ1) is 16.6. The number of sulfone groups is 1. The van der Waals surface area contributed by atoms with Crippen LogP contribution in [0.5, 0.6) is 0 Å². The number of hydrogen-bond donors (Lipinski definition) is 1. The second kappa shape index (κ2) is 9.99. The number of esters is 1. The first-order valence-electron chi connectivity index (χ1n) is 10.7. The van der Waals surface area contributed by atoms with Crippen molar-refractivity contribution < 1.29 is 31.9 Å². The van der Waals surface area contributed by atoms with Gasteiger partial charge < -0.3 is 14.6 Å². The third kappa shape index (κ3) is 5.52. The fourth-order valence-electron chi connectivity index (χ4n) is 3.87. The summed E-state index contributed by atoms with van der Waals surface area (Å²) in [4.78, 5) is 42.3. The Kier molecular flexibility index (Phi) is 7.20. The molecule has 0 unspecified atom stereocenters. The number of anilines is 1. The molecule has 2 aromatic heterocycles. The molecule has 0 saturated heterocycles. The van der Waals surface area contributed by atoms with Gasteiger partial charge in [0.15, 0.2) is 14.6 Å². The Balaban J connectivity index is 1.47. The number of thiazole rings is 1. The molecule has 0 saturated carbocycles. The van der Waals surface area contributed by atoms with E-state index in [0.717, 1.165) is 34.6 Å². The highest BCUT2D eigenvalue weighted by Crippen LogP contribution is 2.39. The van der Waals surface area contributed by atoms with Crippen molar-refractivity contribution in [3.05, 3.63) is 44.8 Å². The Bertz CT molecular complexity index is 1520. The van der Waals surface area contributed by atoms with E-state index in [9.17, 15) is 27.2 Å². The number of rotatable bonds is 7. The summed E-state index contributed by atoms with van der Waals surface area (Å²) in [6.45, 7) is 1.85. The molecule has 2 heterocycles. The van der Waals surface area contributed by atoms with Crippen LogP contribution < -0.4 is 10.1 Å².